The largest absolute Gasteiger partial charge is 0.536 e. The van der Waals surface area contributed by atoms with Crippen LogP contribution in [-0.4, -0.2) is 149 Å². The summed E-state index contributed by atoms with van der Waals surface area (Å²) in [4.78, 5) is 35.1. The van der Waals surface area contributed by atoms with E-state index in [9.17, 15) is 18.3 Å². The molecule has 4 heterocycles. The standard InChI is InChI=1S/C14H15N2O2.3C13H13N2O.C8H15F3O2.2C5H12O2.4Ir/c1-9-8-15-14(10(2)16-9)11-5-6-12(17-3)13(7-11)18-4;3*1-9-8-14-13(10(2)15-9)11-5-4-6-12(7-11)16-3;1-7(2,3)5(12)4-6(13)8(9,10)11;2*1-4(6)3-5(2)7;;;;/h6-8H,1-4H3;3*4,6-8H,1-3H3;5-6,12-13H,4H2,1-3H3;2*4-7H,3H2,1-2H3;;;;/q4*-1;;;;;;;. The maximum atomic E-state index is 11.8. The fourth-order valence-electron chi connectivity index (χ4n) is 8.18. The predicted molar refractivity (Wildman–Crippen MR) is 354 cm³/mol. The number of rotatable bonds is 15. The summed E-state index contributed by atoms with van der Waals surface area (Å²) in [7, 11) is 8.14. The third kappa shape index (κ3) is 36.3. The van der Waals surface area contributed by atoms with Gasteiger partial charge in [-0.3, -0.25) is 19.9 Å². The summed E-state index contributed by atoms with van der Waals surface area (Å²) < 4.78 is 61.5. The molecule has 4 radical (unpaired) electrons. The van der Waals surface area contributed by atoms with Crippen molar-refractivity contribution in [1.82, 2.24) is 39.9 Å². The Morgan fingerprint density at radius 3 is 0.866 bits per heavy atom. The monoisotopic (exact) mass is 2060 g/mol. The van der Waals surface area contributed by atoms with Crippen LogP contribution in [0, 0.1) is 85.1 Å². The third-order valence-corrected chi connectivity index (χ3v) is 12.8. The minimum Gasteiger partial charge on any atom is -0.536 e. The molecule has 0 saturated heterocycles. The number of aliphatic hydroxyl groups excluding tert-OH is 6. The van der Waals surface area contributed by atoms with Gasteiger partial charge in [0.25, 0.3) is 0 Å². The number of hydrogen-bond donors (Lipinski definition) is 6. The van der Waals surface area contributed by atoms with Gasteiger partial charge in [0.2, 0.25) is 0 Å². The molecule has 6 atom stereocenters. The van der Waals surface area contributed by atoms with Gasteiger partial charge < -0.3 is 74.3 Å². The Labute approximate surface area is 625 Å². The minimum atomic E-state index is -4.65. The van der Waals surface area contributed by atoms with Gasteiger partial charge in [0.15, 0.2) is 6.10 Å². The van der Waals surface area contributed by atoms with E-state index in [2.05, 4.69) is 64.1 Å². The van der Waals surface area contributed by atoms with E-state index >= 15 is 0 Å². The van der Waals surface area contributed by atoms with E-state index in [0.717, 1.165) is 108 Å². The van der Waals surface area contributed by atoms with Gasteiger partial charge in [-0.1, -0.05) is 26.8 Å². The van der Waals surface area contributed by atoms with Crippen LogP contribution >= 0.6 is 0 Å². The zero-order valence-corrected chi connectivity index (χ0v) is 68.1. The van der Waals surface area contributed by atoms with Crippen LogP contribution in [0.25, 0.3) is 45.0 Å². The maximum Gasteiger partial charge on any atom is 0.414 e. The number of hydrogen-bond acceptors (Lipinski definition) is 19. The summed E-state index contributed by atoms with van der Waals surface area (Å²) in [6, 6.07) is 32.9. The van der Waals surface area contributed by atoms with E-state index < -0.39 is 30.2 Å². The number of halogens is 3. The van der Waals surface area contributed by atoms with E-state index in [4.69, 9.17) is 49.2 Å². The van der Waals surface area contributed by atoms with Crippen molar-refractivity contribution in [3.8, 4) is 73.8 Å². The summed E-state index contributed by atoms with van der Waals surface area (Å²) in [5.74, 6) is 3.72. The molecule has 0 saturated carbocycles. The Hall–Kier alpha value is -5.65. The molecule has 6 unspecified atom stereocenters. The molecule has 0 fully saturated rings. The third-order valence-electron chi connectivity index (χ3n) is 12.8. The number of alkyl halides is 3. The first-order chi connectivity index (χ1) is 43.6. The van der Waals surface area contributed by atoms with Crippen molar-refractivity contribution in [2.45, 2.75) is 166 Å². The van der Waals surface area contributed by atoms with Gasteiger partial charge in [-0.15, -0.1) is 107 Å². The first-order valence-corrected chi connectivity index (χ1v) is 29.8. The van der Waals surface area contributed by atoms with Crippen molar-refractivity contribution >= 4 is 0 Å². The second kappa shape index (κ2) is 48.2. The molecule has 0 aliphatic carbocycles. The summed E-state index contributed by atoms with van der Waals surface area (Å²) >= 11 is 0. The Morgan fingerprint density at radius 2 is 0.660 bits per heavy atom. The van der Waals surface area contributed by atoms with Gasteiger partial charge in [0, 0.05) is 174 Å². The number of benzene rings is 4. The number of ether oxygens (including phenoxy) is 5. The van der Waals surface area contributed by atoms with E-state index in [1.807, 2.05) is 116 Å². The van der Waals surface area contributed by atoms with Crippen LogP contribution in [0.3, 0.4) is 0 Å². The molecular formula is C71H93F3Ir4N8O11-4. The molecule has 19 nitrogen and oxygen atoms in total. The summed E-state index contributed by atoms with van der Waals surface area (Å²) in [6.07, 6.45) is -2.46. The molecule has 0 bridgehead atoms. The molecule has 6 N–H and O–H groups in total. The number of methoxy groups -OCH3 is 5. The smallest absolute Gasteiger partial charge is 0.414 e. The summed E-state index contributed by atoms with van der Waals surface area (Å²) in [6.45, 7) is 27.0. The van der Waals surface area contributed by atoms with Crippen LogP contribution in [0.4, 0.5) is 13.2 Å². The van der Waals surface area contributed by atoms with Crippen LogP contribution in [0.2, 0.25) is 0 Å². The molecule has 0 aliphatic heterocycles. The molecule has 8 aromatic rings. The predicted octanol–water partition coefficient (Wildman–Crippen LogP) is 12.3. The van der Waals surface area contributed by atoms with E-state index in [-0.39, 0.29) is 105 Å². The molecular weight excluding hydrogens is 1970 g/mol. The first-order valence-electron chi connectivity index (χ1n) is 29.8. The number of aromatic nitrogens is 8. The minimum absolute atomic E-state index is 0. The van der Waals surface area contributed by atoms with E-state index in [0.29, 0.717) is 24.3 Å². The normalized spacial score (nSPS) is 12.1. The Kier molecular flexibility index (Phi) is 47.5. The van der Waals surface area contributed by atoms with Gasteiger partial charge in [-0.2, -0.15) is 13.2 Å². The maximum absolute atomic E-state index is 11.8. The quantitative estimate of drug-likeness (QED) is 0.0521. The van der Waals surface area contributed by atoms with Gasteiger partial charge in [-0.25, -0.2) is 0 Å². The molecule has 26 heteroatoms. The van der Waals surface area contributed by atoms with Crippen LogP contribution < -0.4 is 23.7 Å². The summed E-state index contributed by atoms with van der Waals surface area (Å²) in [5, 5.41) is 52.1. The van der Waals surface area contributed by atoms with Crippen molar-refractivity contribution < 1.29 is 148 Å². The Morgan fingerprint density at radius 1 is 0.392 bits per heavy atom. The SMILES string of the molecule is CC(C)(C)C(O)CC(O)C(F)(F)F.CC(O)CC(C)O.CC(O)CC(C)O.COc1c[c-]c(-c2ncc(C)nc2C)cc1OC.COc1cc[c-]c(-c2ncc(C)nc2C)c1.COc1cc[c-]c(-c2ncc(C)nc2C)c1.COc1cc[c-]c(-c2ncc(C)nc2C)c1.[Ir].[Ir].[Ir].[Ir]. The number of aliphatic hydroxyl groups is 6. The Bertz CT molecular complexity index is 3250. The molecule has 0 aliphatic rings. The van der Waals surface area contributed by atoms with Crippen LogP contribution in [-0.2, 0) is 80.4 Å². The van der Waals surface area contributed by atoms with Crippen molar-refractivity contribution in [3.05, 3.63) is 161 Å². The van der Waals surface area contributed by atoms with Crippen molar-refractivity contribution in [3.63, 3.8) is 0 Å². The van der Waals surface area contributed by atoms with E-state index in [1.165, 1.54) is 0 Å². The molecule has 0 amide bonds. The molecule has 544 valence electrons. The molecule has 97 heavy (non-hydrogen) atoms. The fraction of sp³-hybridized carbons (Fsp3) is 0.437. The molecule has 8 rings (SSSR count). The van der Waals surface area contributed by atoms with Gasteiger partial charge in [0.05, 0.1) is 100 Å². The van der Waals surface area contributed by atoms with Gasteiger partial charge in [0.1, 0.15) is 0 Å². The second-order valence-electron chi connectivity index (χ2n) is 22.7. The van der Waals surface area contributed by atoms with Gasteiger partial charge >= 0.3 is 6.18 Å². The van der Waals surface area contributed by atoms with Crippen LogP contribution in [0.15, 0.2) is 91.5 Å². The van der Waals surface area contributed by atoms with Crippen LogP contribution in [0.5, 0.6) is 28.7 Å². The van der Waals surface area contributed by atoms with Crippen LogP contribution in [0.1, 0.15) is 113 Å². The zero-order valence-electron chi connectivity index (χ0n) is 58.5. The van der Waals surface area contributed by atoms with Crippen molar-refractivity contribution in [1.29, 1.82) is 0 Å². The molecule has 4 aromatic carbocycles. The average molecular weight is 2060 g/mol. The topological polar surface area (TPSA) is 271 Å². The number of aryl methyl sites for hydroxylation is 8. The first kappa shape index (κ1) is 95.5. The Balaban J connectivity index is -0.00000108. The van der Waals surface area contributed by atoms with Gasteiger partial charge in [-0.05, 0) is 101 Å². The second-order valence-corrected chi connectivity index (χ2v) is 22.7. The average Bonchev–Trinajstić information content (AvgIpc) is 1.14. The van der Waals surface area contributed by atoms with Crippen molar-refractivity contribution in [2.24, 2.45) is 5.41 Å². The molecule has 4 aromatic heterocycles. The fourth-order valence-corrected chi connectivity index (χ4v) is 8.18. The zero-order chi connectivity index (χ0) is 70.3. The van der Waals surface area contributed by atoms with Crippen molar-refractivity contribution in [2.75, 3.05) is 35.5 Å². The van der Waals surface area contributed by atoms with E-state index in [1.54, 1.807) is 115 Å². The number of nitrogens with zero attached hydrogens (tertiary/aromatic N) is 8. The summed E-state index contributed by atoms with van der Waals surface area (Å²) in [5.41, 5.74) is 13.5. The molecule has 0 spiro atoms.